The Morgan fingerprint density at radius 2 is 2.17 bits per heavy atom. The number of nitrogens with zero attached hydrogens (tertiary/aromatic N) is 2. The van der Waals surface area contributed by atoms with Gasteiger partial charge in [0.1, 0.15) is 0 Å². The highest BCUT2D eigenvalue weighted by Crippen LogP contribution is 2.07. The average molecular weight is 384 g/mol. The van der Waals surface area contributed by atoms with Crippen LogP contribution >= 0.6 is 35.3 Å². The second-order valence-corrected chi connectivity index (χ2v) is 4.59. The Kier molecular flexibility index (Phi) is 10.3. The predicted octanol–water partition coefficient (Wildman–Crippen LogP) is 1.42. The lowest BCUT2D eigenvalue weighted by Crippen LogP contribution is -2.39. The lowest BCUT2D eigenvalue weighted by Gasteiger charge is -2.10. The number of aromatic nitrogens is 1. The number of hydrogen-bond acceptors (Lipinski definition) is 4. The van der Waals surface area contributed by atoms with E-state index in [4.69, 9.17) is 4.74 Å². The molecule has 0 fully saturated rings. The molecule has 0 spiro atoms. The highest BCUT2D eigenvalue weighted by molar-refractivity contribution is 14.0. The van der Waals surface area contributed by atoms with Gasteiger partial charge in [0.05, 0.1) is 17.3 Å². The molecule has 1 aromatic rings. The molecule has 104 valence electrons. The van der Waals surface area contributed by atoms with Gasteiger partial charge in [-0.15, -0.1) is 35.3 Å². The molecule has 0 bridgehead atoms. The number of rotatable bonds is 6. The van der Waals surface area contributed by atoms with E-state index < -0.39 is 0 Å². The Morgan fingerprint density at radius 3 is 2.72 bits per heavy atom. The van der Waals surface area contributed by atoms with Gasteiger partial charge in [-0.25, -0.2) is 4.98 Å². The van der Waals surface area contributed by atoms with Crippen molar-refractivity contribution in [2.24, 2.45) is 4.99 Å². The molecule has 7 heteroatoms. The van der Waals surface area contributed by atoms with Crippen LogP contribution in [0.4, 0.5) is 0 Å². The van der Waals surface area contributed by atoms with Gasteiger partial charge in [0.25, 0.3) is 0 Å². The van der Waals surface area contributed by atoms with Crippen molar-refractivity contribution in [1.29, 1.82) is 0 Å². The molecule has 0 aliphatic rings. The van der Waals surface area contributed by atoms with E-state index in [-0.39, 0.29) is 24.0 Å². The van der Waals surface area contributed by atoms with Gasteiger partial charge in [-0.05, 0) is 6.92 Å². The van der Waals surface area contributed by atoms with Crippen molar-refractivity contribution >= 4 is 41.3 Å². The molecule has 1 aromatic heterocycles. The second kappa shape index (κ2) is 10.5. The first-order valence-corrected chi connectivity index (χ1v) is 6.48. The van der Waals surface area contributed by atoms with Crippen molar-refractivity contribution in [1.82, 2.24) is 15.6 Å². The fourth-order valence-electron chi connectivity index (χ4n) is 1.32. The van der Waals surface area contributed by atoms with Gasteiger partial charge in [0.15, 0.2) is 5.96 Å². The third-order valence-electron chi connectivity index (χ3n) is 2.16. The van der Waals surface area contributed by atoms with Crippen LogP contribution in [0, 0.1) is 6.92 Å². The molecule has 0 radical (unpaired) electrons. The summed E-state index contributed by atoms with van der Waals surface area (Å²) in [4.78, 5) is 8.52. The number of thiazole rings is 1. The van der Waals surface area contributed by atoms with Gasteiger partial charge < -0.3 is 15.4 Å². The van der Waals surface area contributed by atoms with E-state index in [0.29, 0.717) is 6.61 Å². The summed E-state index contributed by atoms with van der Waals surface area (Å²) in [5.41, 5.74) is 1.13. The number of hydrogen-bond donors (Lipinski definition) is 2. The second-order valence-electron chi connectivity index (χ2n) is 3.53. The van der Waals surface area contributed by atoms with E-state index in [9.17, 15) is 0 Å². The predicted molar refractivity (Wildman–Crippen MR) is 87.2 cm³/mol. The number of methoxy groups -OCH3 is 1. The van der Waals surface area contributed by atoms with E-state index in [1.165, 1.54) is 0 Å². The SMILES string of the molecule is CN=C(NCCOC)NCCc1csc(C)n1.I. The van der Waals surface area contributed by atoms with Gasteiger partial charge in [0, 0.05) is 39.0 Å². The molecule has 1 rings (SSSR count). The quantitative estimate of drug-likeness (QED) is 0.337. The zero-order chi connectivity index (χ0) is 12.5. The van der Waals surface area contributed by atoms with Crippen molar-refractivity contribution in [2.75, 3.05) is 33.9 Å². The van der Waals surface area contributed by atoms with Crippen molar-refractivity contribution in [3.8, 4) is 0 Å². The number of aliphatic imine (C=N–C) groups is 1. The van der Waals surface area contributed by atoms with Crippen molar-refractivity contribution in [3.05, 3.63) is 16.1 Å². The Morgan fingerprint density at radius 1 is 1.44 bits per heavy atom. The molecule has 0 aliphatic carbocycles. The summed E-state index contributed by atoms with van der Waals surface area (Å²) in [6.07, 6.45) is 0.912. The van der Waals surface area contributed by atoms with Crippen LogP contribution in [-0.4, -0.2) is 44.8 Å². The normalized spacial score (nSPS) is 10.9. The van der Waals surface area contributed by atoms with Gasteiger partial charge >= 0.3 is 0 Å². The molecule has 0 aliphatic heterocycles. The summed E-state index contributed by atoms with van der Waals surface area (Å²) in [5, 5.41) is 9.60. The van der Waals surface area contributed by atoms with E-state index in [0.717, 1.165) is 36.2 Å². The highest BCUT2D eigenvalue weighted by Gasteiger charge is 1.99. The summed E-state index contributed by atoms with van der Waals surface area (Å²) in [5.74, 6) is 0.800. The molecular formula is C11H21IN4OS. The summed E-state index contributed by atoms with van der Waals surface area (Å²) in [6.45, 7) is 4.28. The van der Waals surface area contributed by atoms with Crippen LogP contribution in [0.2, 0.25) is 0 Å². The molecular weight excluding hydrogens is 363 g/mol. The van der Waals surface area contributed by atoms with Crippen LogP contribution in [0.25, 0.3) is 0 Å². The van der Waals surface area contributed by atoms with E-state index >= 15 is 0 Å². The Balaban J connectivity index is 0.00000289. The largest absolute Gasteiger partial charge is 0.383 e. The first-order chi connectivity index (χ1) is 8.26. The first kappa shape index (κ1) is 17.6. The number of aryl methyl sites for hydroxylation is 1. The van der Waals surface area contributed by atoms with Crippen molar-refractivity contribution < 1.29 is 4.74 Å². The molecule has 0 aromatic carbocycles. The standard InChI is InChI=1S/C11H20N4OS.HI/c1-9-15-10(8-17-9)4-5-13-11(12-2)14-6-7-16-3;/h8H,4-7H2,1-3H3,(H2,12,13,14);1H. The molecule has 5 nitrogen and oxygen atoms in total. The summed E-state index contributed by atoms with van der Waals surface area (Å²) < 4.78 is 4.96. The highest BCUT2D eigenvalue weighted by atomic mass is 127. The Hall–Kier alpha value is -0.410. The molecule has 0 amide bonds. The van der Waals surface area contributed by atoms with Crippen LogP contribution < -0.4 is 10.6 Å². The maximum absolute atomic E-state index is 4.96. The third kappa shape index (κ3) is 7.12. The van der Waals surface area contributed by atoms with Crippen molar-refractivity contribution in [3.63, 3.8) is 0 Å². The molecule has 2 N–H and O–H groups in total. The number of guanidine groups is 1. The van der Waals surface area contributed by atoms with Gasteiger partial charge in [-0.3, -0.25) is 4.99 Å². The van der Waals surface area contributed by atoms with Gasteiger partial charge in [0.2, 0.25) is 0 Å². The summed E-state index contributed by atoms with van der Waals surface area (Å²) in [7, 11) is 3.44. The van der Waals surface area contributed by atoms with Crippen LogP contribution in [0.5, 0.6) is 0 Å². The van der Waals surface area contributed by atoms with Crippen molar-refractivity contribution in [2.45, 2.75) is 13.3 Å². The van der Waals surface area contributed by atoms with E-state index in [2.05, 4.69) is 26.0 Å². The maximum Gasteiger partial charge on any atom is 0.191 e. The topological polar surface area (TPSA) is 58.5 Å². The van der Waals surface area contributed by atoms with Crippen LogP contribution in [0.15, 0.2) is 10.4 Å². The molecule has 1 heterocycles. The Bertz CT molecular complexity index is 357. The molecule has 18 heavy (non-hydrogen) atoms. The minimum atomic E-state index is 0. The molecule has 0 unspecified atom stereocenters. The fraction of sp³-hybridized carbons (Fsp3) is 0.636. The molecule has 0 atom stereocenters. The number of ether oxygens (including phenoxy) is 1. The average Bonchev–Trinajstić information content (AvgIpc) is 2.73. The van der Waals surface area contributed by atoms with Gasteiger partial charge in [-0.1, -0.05) is 0 Å². The van der Waals surface area contributed by atoms with E-state index in [1.54, 1.807) is 25.5 Å². The lowest BCUT2D eigenvalue weighted by atomic mass is 10.3. The lowest BCUT2D eigenvalue weighted by molar-refractivity contribution is 0.203. The van der Waals surface area contributed by atoms with Gasteiger partial charge in [-0.2, -0.15) is 0 Å². The Labute approximate surface area is 129 Å². The fourth-order valence-corrected chi connectivity index (χ4v) is 1.97. The van der Waals surface area contributed by atoms with Crippen LogP contribution in [-0.2, 0) is 11.2 Å². The molecule has 0 saturated heterocycles. The number of nitrogens with one attached hydrogen (secondary N) is 2. The first-order valence-electron chi connectivity index (χ1n) is 5.60. The third-order valence-corrected chi connectivity index (χ3v) is 2.98. The zero-order valence-electron chi connectivity index (χ0n) is 11.0. The summed E-state index contributed by atoms with van der Waals surface area (Å²) >= 11 is 1.68. The monoisotopic (exact) mass is 384 g/mol. The minimum Gasteiger partial charge on any atom is -0.383 e. The number of halogens is 1. The van der Waals surface area contributed by atoms with Crippen LogP contribution in [0.3, 0.4) is 0 Å². The summed E-state index contributed by atoms with van der Waals surface area (Å²) in [6, 6.07) is 0. The smallest absolute Gasteiger partial charge is 0.191 e. The zero-order valence-corrected chi connectivity index (χ0v) is 14.2. The van der Waals surface area contributed by atoms with Crippen LogP contribution in [0.1, 0.15) is 10.7 Å². The minimum absolute atomic E-state index is 0. The van der Waals surface area contributed by atoms with E-state index in [1.807, 2.05) is 6.92 Å². The molecule has 0 saturated carbocycles. The maximum atomic E-state index is 4.96.